The molecule has 22 heavy (non-hydrogen) atoms. The summed E-state index contributed by atoms with van der Waals surface area (Å²) in [5, 5.41) is 10.5. The van der Waals surface area contributed by atoms with Crippen LogP contribution in [-0.2, 0) is 20.7 Å². The topological polar surface area (TPSA) is 97.6 Å². The predicted octanol–water partition coefficient (Wildman–Crippen LogP) is 0.764. The number of hydrogen-bond acceptors (Lipinski definition) is 7. The Morgan fingerprint density at radius 1 is 1.55 bits per heavy atom. The number of ether oxygens (including phenoxy) is 1. The van der Waals surface area contributed by atoms with Gasteiger partial charge in [-0.2, -0.15) is 0 Å². The number of aromatic nitrogens is 2. The lowest BCUT2D eigenvalue weighted by atomic mass is 10.2. The zero-order chi connectivity index (χ0) is 15.9. The van der Waals surface area contributed by atoms with Crippen LogP contribution in [0.3, 0.4) is 0 Å². The van der Waals surface area contributed by atoms with Gasteiger partial charge in [0, 0.05) is 13.0 Å². The van der Waals surface area contributed by atoms with Gasteiger partial charge in [0.15, 0.2) is 0 Å². The second kappa shape index (κ2) is 7.58. The lowest BCUT2D eigenvalue weighted by Gasteiger charge is -2.22. The quantitative estimate of drug-likeness (QED) is 0.586. The number of allylic oxidation sites excluding steroid dienone is 1. The molecule has 0 bridgehead atoms. The molecule has 2 heterocycles. The first kappa shape index (κ1) is 16.0. The number of anilines is 1. The highest BCUT2D eigenvalue weighted by Gasteiger charge is 2.34. The summed E-state index contributed by atoms with van der Waals surface area (Å²) in [6.45, 7) is 4.17. The third-order valence-corrected chi connectivity index (χ3v) is 3.47. The molecule has 1 unspecified atom stereocenters. The van der Waals surface area contributed by atoms with Gasteiger partial charge in [0.05, 0.1) is 13.7 Å². The Morgan fingerprint density at radius 3 is 3.09 bits per heavy atom. The standard InChI is InChI=1S/C14H20N4O4/c1-3-4-7-11-16-17-14(22-11)15-9-12(19)18-8-5-6-10(18)13(20)21-2/h3,10H,1,4-9H2,2H3,(H,15,17). The molecule has 0 aliphatic carbocycles. The van der Waals surface area contributed by atoms with Crippen LogP contribution in [0.25, 0.3) is 0 Å². The van der Waals surface area contributed by atoms with Crippen LogP contribution >= 0.6 is 0 Å². The number of nitrogens with zero attached hydrogens (tertiary/aromatic N) is 3. The molecule has 1 aromatic heterocycles. The van der Waals surface area contributed by atoms with Crippen molar-refractivity contribution in [2.75, 3.05) is 25.5 Å². The van der Waals surface area contributed by atoms with Crippen LogP contribution in [-0.4, -0.2) is 53.2 Å². The van der Waals surface area contributed by atoms with E-state index in [1.165, 1.54) is 12.0 Å². The molecule has 2 rings (SSSR count). The van der Waals surface area contributed by atoms with Gasteiger partial charge in [-0.05, 0) is 19.3 Å². The Morgan fingerprint density at radius 2 is 2.36 bits per heavy atom. The minimum Gasteiger partial charge on any atom is -0.467 e. The van der Waals surface area contributed by atoms with E-state index < -0.39 is 6.04 Å². The van der Waals surface area contributed by atoms with Gasteiger partial charge in [-0.3, -0.25) is 4.79 Å². The monoisotopic (exact) mass is 308 g/mol. The number of nitrogens with one attached hydrogen (secondary N) is 1. The average Bonchev–Trinajstić information content (AvgIpc) is 3.18. The van der Waals surface area contributed by atoms with Crippen LogP contribution in [0, 0.1) is 0 Å². The average molecular weight is 308 g/mol. The van der Waals surface area contributed by atoms with E-state index in [1.807, 2.05) is 0 Å². The Labute approximate surface area is 128 Å². The molecule has 0 radical (unpaired) electrons. The zero-order valence-corrected chi connectivity index (χ0v) is 12.6. The van der Waals surface area contributed by atoms with E-state index in [0.717, 1.165) is 12.8 Å². The number of carbonyl (C=O) groups excluding carboxylic acids is 2. The van der Waals surface area contributed by atoms with Crippen LogP contribution in [0.4, 0.5) is 6.01 Å². The van der Waals surface area contributed by atoms with Crippen LogP contribution in [0.5, 0.6) is 0 Å². The van der Waals surface area contributed by atoms with E-state index in [4.69, 9.17) is 9.15 Å². The fourth-order valence-corrected chi connectivity index (χ4v) is 2.35. The fraction of sp³-hybridized carbons (Fsp3) is 0.571. The highest BCUT2D eigenvalue weighted by atomic mass is 16.5. The molecule has 1 amide bonds. The molecule has 1 aliphatic heterocycles. The third-order valence-electron chi connectivity index (χ3n) is 3.47. The number of likely N-dealkylation sites (tertiary alicyclic amines) is 1. The van der Waals surface area contributed by atoms with Crippen molar-refractivity contribution in [3.8, 4) is 0 Å². The number of aryl methyl sites for hydroxylation is 1. The van der Waals surface area contributed by atoms with Crippen molar-refractivity contribution in [1.29, 1.82) is 0 Å². The van der Waals surface area contributed by atoms with E-state index in [-0.39, 0.29) is 24.4 Å². The Bertz CT molecular complexity index is 543. The highest BCUT2D eigenvalue weighted by molar-refractivity contribution is 5.87. The van der Waals surface area contributed by atoms with Crippen LogP contribution in [0.1, 0.15) is 25.2 Å². The molecule has 1 aromatic rings. The first-order chi connectivity index (χ1) is 10.7. The molecule has 1 atom stereocenters. The minimum absolute atomic E-state index is 0.00339. The van der Waals surface area contributed by atoms with Gasteiger partial charge in [-0.25, -0.2) is 4.79 Å². The van der Waals surface area contributed by atoms with Gasteiger partial charge < -0.3 is 19.4 Å². The van der Waals surface area contributed by atoms with Gasteiger partial charge >= 0.3 is 12.0 Å². The maximum atomic E-state index is 12.2. The van der Waals surface area contributed by atoms with Crippen LogP contribution in [0.15, 0.2) is 17.1 Å². The summed E-state index contributed by atoms with van der Waals surface area (Å²) in [7, 11) is 1.32. The molecule has 1 saturated heterocycles. The van der Waals surface area contributed by atoms with Crippen LogP contribution < -0.4 is 5.32 Å². The molecule has 8 nitrogen and oxygen atoms in total. The number of rotatable bonds is 7. The fourth-order valence-electron chi connectivity index (χ4n) is 2.35. The second-order valence-corrected chi connectivity index (χ2v) is 4.95. The third kappa shape index (κ3) is 3.84. The molecule has 120 valence electrons. The Hall–Kier alpha value is -2.38. The van der Waals surface area contributed by atoms with Gasteiger partial charge in [0.1, 0.15) is 6.04 Å². The summed E-state index contributed by atoms with van der Waals surface area (Å²) in [6.07, 6.45) is 4.54. The summed E-state index contributed by atoms with van der Waals surface area (Å²) < 4.78 is 10.1. The summed E-state index contributed by atoms with van der Waals surface area (Å²) in [6, 6.07) is -0.300. The number of esters is 1. The van der Waals surface area contributed by atoms with E-state index in [0.29, 0.717) is 25.3 Å². The summed E-state index contributed by atoms with van der Waals surface area (Å²) in [4.78, 5) is 25.3. The molecular weight excluding hydrogens is 288 g/mol. The molecule has 1 fully saturated rings. The van der Waals surface area contributed by atoms with Crippen molar-refractivity contribution in [2.45, 2.75) is 31.7 Å². The number of carbonyl (C=O) groups is 2. The van der Waals surface area contributed by atoms with Crippen molar-refractivity contribution in [3.63, 3.8) is 0 Å². The first-order valence-corrected chi connectivity index (χ1v) is 7.20. The lowest BCUT2D eigenvalue weighted by molar-refractivity contribution is -0.150. The molecular formula is C14H20N4O4. The summed E-state index contributed by atoms with van der Waals surface area (Å²) >= 11 is 0. The lowest BCUT2D eigenvalue weighted by Crippen LogP contribution is -2.43. The molecule has 1 N–H and O–H groups in total. The van der Waals surface area contributed by atoms with E-state index in [2.05, 4.69) is 22.1 Å². The van der Waals surface area contributed by atoms with Gasteiger partial charge in [0.25, 0.3) is 0 Å². The van der Waals surface area contributed by atoms with E-state index in [1.54, 1.807) is 6.08 Å². The smallest absolute Gasteiger partial charge is 0.328 e. The summed E-state index contributed by atoms with van der Waals surface area (Å²) in [5.74, 6) is -0.0856. The zero-order valence-electron chi connectivity index (χ0n) is 12.6. The predicted molar refractivity (Wildman–Crippen MR) is 78.1 cm³/mol. The highest BCUT2D eigenvalue weighted by Crippen LogP contribution is 2.18. The van der Waals surface area contributed by atoms with Crippen molar-refractivity contribution < 1.29 is 18.7 Å². The molecule has 8 heteroatoms. The van der Waals surface area contributed by atoms with Crippen molar-refractivity contribution in [2.24, 2.45) is 0 Å². The summed E-state index contributed by atoms with van der Waals surface area (Å²) in [5.41, 5.74) is 0. The van der Waals surface area contributed by atoms with Gasteiger partial charge in [-0.1, -0.05) is 11.2 Å². The van der Waals surface area contributed by atoms with Crippen molar-refractivity contribution in [3.05, 3.63) is 18.5 Å². The minimum atomic E-state index is -0.495. The van der Waals surface area contributed by atoms with Crippen molar-refractivity contribution in [1.82, 2.24) is 15.1 Å². The van der Waals surface area contributed by atoms with Gasteiger partial charge in [-0.15, -0.1) is 11.7 Å². The molecule has 0 spiro atoms. The molecule has 0 aromatic carbocycles. The normalized spacial score (nSPS) is 17.3. The maximum Gasteiger partial charge on any atom is 0.328 e. The first-order valence-electron chi connectivity index (χ1n) is 7.20. The Kier molecular flexibility index (Phi) is 5.51. The number of methoxy groups -OCH3 is 1. The van der Waals surface area contributed by atoms with E-state index >= 15 is 0 Å². The van der Waals surface area contributed by atoms with Gasteiger partial charge in [0.2, 0.25) is 11.8 Å². The largest absolute Gasteiger partial charge is 0.467 e. The maximum absolute atomic E-state index is 12.2. The number of amides is 1. The van der Waals surface area contributed by atoms with E-state index in [9.17, 15) is 9.59 Å². The van der Waals surface area contributed by atoms with Crippen LogP contribution in [0.2, 0.25) is 0 Å². The van der Waals surface area contributed by atoms with Crippen molar-refractivity contribution >= 4 is 17.9 Å². The number of hydrogen-bond donors (Lipinski definition) is 1. The SMILES string of the molecule is C=CCCc1nnc(NCC(=O)N2CCCC2C(=O)OC)o1. The second-order valence-electron chi connectivity index (χ2n) is 4.95. The molecule has 1 aliphatic rings. The molecule has 0 saturated carbocycles. The Balaban J connectivity index is 1.85.